The number of hydrogen-bond acceptors (Lipinski definition) is 5. The van der Waals surface area contributed by atoms with Gasteiger partial charge in [-0.05, 0) is 26.7 Å². The van der Waals surface area contributed by atoms with E-state index in [9.17, 15) is 14.7 Å². The molecule has 0 bridgehead atoms. The molecule has 1 spiro atoms. The predicted molar refractivity (Wildman–Crippen MR) is 61.5 cm³/mol. The van der Waals surface area contributed by atoms with E-state index < -0.39 is 23.2 Å². The third-order valence-electron chi connectivity index (χ3n) is 3.97. The maximum atomic E-state index is 12.7. The summed E-state index contributed by atoms with van der Waals surface area (Å²) >= 11 is 0. The average molecular weight is 263 g/mol. The Bertz CT molecular complexity index is 371. The molecule has 17 heavy (non-hydrogen) atoms. The number of rotatable bonds is 6. The predicted octanol–water partition coefficient (Wildman–Crippen LogP) is 2.80. The number of nitrogens with zero attached hydrogens (tertiary/aromatic N) is 1. The van der Waals surface area contributed by atoms with Crippen molar-refractivity contribution in [2.45, 2.75) is 44.8 Å². The second-order valence-corrected chi connectivity index (χ2v) is 6.97. The zero-order valence-electron chi connectivity index (χ0n) is 10.2. The topological polar surface area (TPSA) is 78.7 Å². The van der Waals surface area contributed by atoms with E-state index >= 15 is 0 Å². The molecule has 0 aromatic rings. The normalized spacial score (nSPS) is 30.0. The molecule has 0 heterocycles. The molecular weight excluding hydrogens is 245 g/mol. The van der Waals surface area contributed by atoms with E-state index in [2.05, 4.69) is 0 Å². The van der Waals surface area contributed by atoms with Gasteiger partial charge in [0.2, 0.25) is 0 Å². The summed E-state index contributed by atoms with van der Waals surface area (Å²) in [5.41, 5.74) is -0.420. The van der Waals surface area contributed by atoms with Crippen molar-refractivity contribution in [3.8, 4) is 0 Å². The third kappa shape index (κ3) is 1.51. The summed E-state index contributed by atoms with van der Waals surface area (Å²) < 4.78 is 23.0. The van der Waals surface area contributed by atoms with Crippen molar-refractivity contribution in [2.24, 2.45) is 5.41 Å². The molecule has 98 valence electrons. The molecule has 1 unspecified atom stereocenters. The first kappa shape index (κ1) is 13.0. The van der Waals surface area contributed by atoms with Gasteiger partial charge in [-0.1, -0.05) is 6.42 Å². The summed E-state index contributed by atoms with van der Waals surface area (Å²) in [6.45, 7) is 3.69. The lowest BCUT2D eigenvalue weighted by Gasteiger charge is -2.30. The highest BCUT2D eigenvalue weighted by atomic mass is 31.2. The van der Waals surface area contributed by atoms with E-state index in [4.69, 9.17) is 9.05 Å². The van der Waals surface area contributed by atoms with Gasteiger partial charge in [-0.3, -0.25) is 14.7 Å². The molecular formula is C10H18NO5P. The lowest BCUT2D eigenvalue weighted by Crippen LogP contribution is -2.35. The van der Waals surface area contributed by atoms with Crippen LogP contribution in [0.25, 0.3) is 0 Å². The molecule has 2 fully saturated rings. The quantitative estimate of drug-likeness (QED) is 0.418. The molecule has 1 atom stereocenters. The van der Waals surface area contributed by atoms with Crippen LogP contribution in [0, 0.1) is 15.5 Å². The maximum Gasteiger partial charge on any atom is 0.407 e. The lowest BCUT2D eigenvalue weighted by molar-refractivity contribution is -0.526. The highest BCUT2D eigenvalue weighted by Crippen LogP contribution is 2.84. The summed E-state index contributed by atoms with van der Waals surface area (Å²) in [6, 6.07) is 0. The molecule has 0 N–H and O–H groups in total. The van der Waals surface area contributed by atoms with E-state index in [1.54, 1.807) is 13.8 Å². The minimum atomic E-state index is -3.65. The van der Waals surface area contributed by atoms with Gasteiger partial charge >= 0.3 is 12.9 Å². The number of nitro groups is 1. The molecule has 2 aliphatic rings. The summed E-state index contributed by atoms with van der Waals surface area (Å²) in [6.07, 6.45) is 2.83. The van der Waals surface area contributed by atoms with Crippen LogP contribution >= 0.6 is 7.60 Å². The highest BCUT2D eigenvalue weighted by molar-refractivity contribution is 7.55. The molecule has 2 saturated carbocycles. The Morgan fingerprint density at radius 1 is 1.29 bits per heavy atom. The van der Waals surface area contributed by atoms with Gasteiger partial charge < -0.3 is 9.05 Å². The van der Waals surface area contributed by atoms with E-state index in [0.717, 1.165) is 19.3 Å². The second kappa shape index (κ2) is 4.04. The molecule has 2 aliphatic carbocycles. The zero-order valence-corrected chi connectivity index (χ0v) is 11.1. The van der Waals surface area contributed by atoms with Gasteiger partial charge in [0.05, 0.1) is 18.6 Å². The summed E-state index contributed by atoms with van der Waals surface area (Å²) in [5, 5.41) is 9.89. The molecule has 2 rings (SSSR count). The Hall–Kier alpha value is -0.450. The minimum absolute atomic E-state index is 0.170. The van der Waals surface area contributed by atoms with Gasteiger partial charge in [-0.15, -0.1) is 0 Å². The Kier molecular flexibility index (Phi) is 3.09. The van der Waals surface area contributed by atoms with Gasteiger partial charge in [0.15, 0.2) is 0 Å². The van der Waals surface area contributed by atoms with E-state index in [-0.39, 0.29) is 13.2 Å². The fourth-order valence-electron chi connectivity index (χ4n) is 2.94. The van der Waals surface area contributed by atoms with Crippen molar-refractivity contribution >= 4 is 7.60 Å². The molecule has 7 heteroatoms. The van der Waals surface area contributed by atoms with Gasteiger partial charge in [0, 0.05) is 11.3 Å². The first-order chi connectivity index (χ1) is 7.98. The minimum Gasteiger partial charge on any atom is -0.304 e. The Morgan fingerprint density at radius 3 is 2.06 bits per heavy atom. The van der Waals surface area contributed by atoms with Crippen molar-refractivity contribution in [1.29, 1.82) is 0 Å². The highest BCUT2D eigenvalue weighted by Gasteiger charge is 2.89. The van der Waals surface area contributed by atoms with Crippen molar-refractivity contribution in [1.82, 2.24) is 0 Å². The summed E-state index contributed by atoms with van der Waals surface area (Å²) in [5.74, 6) is 0. The van der Waals surface area contributed by atoms with Crippen LogP contribution in [0.5, 0.6) is 0 Å². The first-order valence-corrected chi connectivity index (χ1v) is 7.56. The fraction of sp³-hybridized carbons (Fsp3) is 1.00. The van der Waals surface area contributed by atoms with Crippen LogP contribution in [-0.4, -0.2) is 23.4 Å². The van der Waals surface area contributed by atoms with Gasteiger partial charge in [0.1, 0.15) is 0 Å². The van der Waals surface area contributed by atoms with Crippen LogP contribution in [0.1, 0.15) is 39.5 Å². The van der Waals surface area contributed by atoms with Crippen LogP contribution in [0.4, 0.5) is 0 Å². The van der Waals surface area contributed by atoms with Crippen LogP contribution in [0.15, 0.2) is 0 Å². The molecule has 0 aliphatic heterocycles. The molecule has 6 nitrogen and oxygen atoms in total. The van der Waals surface area contributed by atoms with Crippen LogP contribution < -0.4 is 0 Å². The molecule has 0 saturated heterocycles. The first-order valence-electron chi connectivity index (χ1n) is 6.02. The summed E-state index contributed by atoms with van der Waals surface area (Å²) in [7, 11) is -3.65. The third-order valence-corrected chi connectivity index (χ3v) is 6.87. The van der Waals surface area contributed by atoms with E-state index in [1.165, 1.54) is 0 Å². The monoisotopic (exact) mass is 263 g/mol. The van der Waals surface area contributed by atoms with Crippen LogP contribution in [0.2, 0.25) is 0 Å². The van der Waals surface area contributed by atoms with E-state index in [1.807, 2.05) is 0 Å². The zero-order chi connectivity index (χ0) is 12.7. The van der Waals surface area contributed by atoms with Crippen molar-refractivity contribution in [3.63, 3.8) is 0 Å². The van der Waals surface area contributed by atoms with Gasteiger partial charge in [-0.2, -0.15) is 0 Å². The van der Waals surface area contributed by atoms with Crippen LogP contribution in [0.3, 0.4) is 0 Å². The largest absolute Gasteiger partial charge is 0.407 e. The molecule has 0 radical (unpaired) electrons. The molecule has 0 aromatic heterocycles. The van der Waals surface area contributed by atoms with E-state index in [0.29, 0.717) is 6.42 Å². The molecule has 0 aromatic carbocycles. The van der Waals surface area contributed by atoms with Gasteiger partial charge in [0.25, 0.3) is 0 Å². The summed E-state index contributed by atoms with van der Waals surface area (Å²) in [4.78, 5) is 10.9. The van der Waals surface area contributed by atoms with Crippen molar-refractivity contribution < 1.29 is 18.5 Å². The maximum absolute atomic E-state index is 12.7. The van der Waals surface area contributed by atoms with Crippen LogP contribution in [-0.2, 0) is 13.6 Å². The standard InChI is InChI=1S/C10H18NO5P/c1-3-15-17(14,16-4-2)10(11(12)13)8-9(10)6-5-7-9/h3-8H2,1-2H3. The van der Waals surface area contributed by atoms with Gasteiger partial charge in [-0.25, -0.2) is 0 Å². The van der Waals surface area contributed by atoms with Crippen molar-refractivity contribution in [3.05, 3.63) is 10.1 Å². The SMILES string of the molecule is CCOP(=O)(OCC)C1([N+](=O)[O-])CC12CCC2. The Balaban J connectivity index is 2.33. The Morgan fingerprint density at radius 2 is 1.82 bits per heavy atom. The van der Waals surface area contributed by atoms with Crippen molar-refractivity contribution in [2.75, 3.05) is 13.2 Å². The smallest absolute Gasteiger partial charge is 0.304 e. The average Bonchev–Trinajstić information content (AvgIpc) is 2.89. The fourth-order valence-corrected chi connectivity index (χ4v) is 5.63. The second-order valence-electron chi connectivity index (χ2n) is 4.72. The number of hydrogen-bond donors (Lipinski definition) is 0. The molecule has 0 amide bonds. The Labute approximate surface area is 100 Å². The lowest BCUT2D eigenvalue weighted by atomic mass is 9.81.